The molecular formula is C25H23F3N2O4S. The first-order valence-electron chi connectivity index (χ1n) is 11.2. The maximum Gasteiger partial charge on any atom is 0.573 e. The van der Waals surface area contributed by atoms with Crippen LogP contribution >= 0.6 is 0 Å². The molecule has 2 N–H and O–H groups in total. The normalized spacial score (nSPS) is 21.4. The summed E-state index contributed by atoms with van der Waals surface area (Å²) in [7, 11) is -4.09. The highest BCUT2D eigenvalue weighted by Crippen LogP contribution is 2.38. The largest absolute Gasteiger partial charge is 0.573 e. The third-order valence-electron chi connectivity index (χ3n) is 6.44. The van der Waals surface area contributed by atoms with Crippen LogP contribution in [0.4, 0.5) is 13.2 Å². The van der Waals surface area contributed by atoms with Crippen molar-refractivity contribution in [3.05, 3.63) is 72.8 Å². The first-order valence-corrected chi connectivity index (χ1v) is 12.7. The molecule has 1 unspecified atom stereocenters. The second kappa shape index (κ2) is 8.85. The number of hydrogen-bond acceptors (Lipinski definition) is 4. The van der Waals surface area contributed by atoms with E-state index in [9.17, 15) is 26.7 Å². The minimum atomic E-state index is -4.87. The number of sulfonamides is 1. The Kier molecular flexibility index (Phi) is 5.98. The lowest BCUT2D eigenvalue weighted by Crippen LogP contribution is -2.49. The lowest BCUT2D eigenvalue weighted by Gasteiger charge is -2.36. The van der Waals surface area contributed by atoms with E-state index in [0.717, 1.165) is 46.1 Å². The zero-order valence-corrected chi connectivity index (χ0v) is 19.3. The predicted molar refractivity (Wildman–Crippen MR) is 126 cm³/mol. The molecule has 184 valence electrons. The van der Waals surface area contributed by atoms with Crippen LogP contribution in [0.5, 0.6) is 5.75 Å². The van der Waals surface area contributed by atoms with Gasteiger partial charge < -0.3 is 14.4 Å². The lowest BCUT2D eigenvalue weighted by molar-refractivity contribution is -0.274. The van der Waals surface area contributed by atoms with Crippen LogP contribution in [0.2, 0.25) is 0 Å². The molecular weight excluding hydrogens is 481 g/mol. The van der Waals surface area contributed by atoms with E-state index in [-0.39, 0.29) is 10.9 Å². The van der Waals surface area contributed by atoms with Gasteiger partial charge in [0, 0.05) is 21.8 Å². The highest BCUT2D eigenvalue weighted by molar-refractivity contribution is 7.89. The van der Waals surface area contributed by atoms with Crippen LogP contribution in [0.1, 0.15) is 25.3 Å². The fourth-order valence-electron chi connectivity index (χ4n) is 4.96. The number of aromatic nitrogens is 1. The van der Waals surface area contributed by atoms with Gasteiger partial charge in [-0.25, -0.2) is 13.1 Å². The molecule has 1 aliphatic carbocycles. The highest BCUT2D eigenvalue weighted by atomic mass is 32.2. The number of aliphatic hydroxyl groups excluding tert-OH is 1. The Labute approximate surface area is 200 Å². The number of fused-ring (bicyclic) bond motifs is 3. The van der Waals surface area contributed by atoms with Crippen molar-refractivity contribution in [2.24, 2.45) is 0 Å². The predicted octanol–water partition coefficient (Wildman–Crippen LogP) is 5.13. The molecule has 1 aliphatic rings. The number of nitrogens with zero attached hydrogens (tertiary/aromatic N) is 1. The Morgan fingerprint density at radius 2 is 1.46 bits per heavy atom. The van der Waals surface area contributed by atoms with E-state index in [4.69, 9.17) is 0 Å². The van der Waals surface area contributed by atoms with Crippen molar-refractivity contribution < 1.29 is 31.4 Å². The van der Waals surface area contributed by atoms with E-state index >= 15 is 0 Å². The Morgan fingerprint density at radius 3 is 2.03 bits per heavy atom. The smallest absolute Gasteiger partial charge is 0.406 e. The van der Waals surface area contributed by atoms with Gasteiger partial charge in [-0.2, -0.15) is 0 Å². The molecule has 3 atom stereocenters. The summed E-state index contributed by atoms with van der Waals surface area (Å²) in [5, 5.41) is 13.4. The van der Waals surface area contributed by atoms with E-state index in [1.54, 1.807) is 0 Å². The Bertz CT molecular complexity index is 1410. The van der Waals surface area contributed by atoms with Gasteiger partial charge in [-0.3, -0.25) is 0 Å². The van der Waals surface area contributed by atoms with Gasteiger partial charge in [0.05, 0.1) is 23.1 Å². The highest BCUT2D eigenvalue weighted by Gasteiger charge is 2.37. The number of nitrogens with one attached hydrogen (secondary N) is 1. The lowest BCUT2D eigenvalue weighted by atomic mass is 9.88. The molecule has 1 aromatic heterocycles. The van der Waals surface area contributed by atoms with Crippen LogP contribution in [0.15, 0.2) is 77.7 Å². The van der Waals surface area contributed by atoms with Gasteiger partial charge in [0.25, 0.3) is 0 Å². The second-order valence-corrected chi connectivity index (χ2v) is 10.4. The Balaban J connectivity index is 1.42. The topological polar surface area (TPSA) is 80.6 Å². The maximum absolute atomic E-state index is 13.0. The zero-order valence-electron chi connectivity index (χ0n) is 18.4. The van der Waals surface area contributed by atoms with Crippen molar-refractivity contribution in [3.63, 3.8) is 0 Å². The summed E-state index contributed by atoms with van der Waals surface area (Å²) in [4.78, 5) is -0.210. The van der Waals surface area contributed by atoms with E-state index in [1.165, 1.54) is 0 Å². The molecule has 1 saturated carbocycles. The van der Waals surface area contributed by atoms with Gasteiger partial charge >= 0.3 is 6.36 Å². The van der Waals surface area contributed by atoms with Crippen molar-refractivity contribution in [1.29, 1.82) is 0 Å². The summed E-state index contributed by atoms with van der Waals surface area (Å²) < 4.78 is 71.6. The molecule has 35 heavy (non-hydrogen) atoms. The number of hydrogen-bond donors (Lipinski definition) is 2. The summed E-state index contributed by atoms with van der Waals surface area (Å²) in [6.45, 7) is 0. The molecule has 0 aliphatic heterocycles. The van der Waals surface area contributed by atoms with Crippen LogP contribution in [0.3, 0.4) is 0 Å². The monoisotopic (exact) mass is 504 g/mol. The van der Waals surface area contributed by atoms with Gasteiger partial charge in [-0.05, 0) is 55.7 Å². The summed E-state index contributed by atoms with van der Waals surface area (Å²) in [6, 6.07) is 18.7. The Morgan fingerprint density at radius 1 is 0.886 bits per heavy atom. The van der Waals surface area contributed by atoms with Crippen LogP contribution in [-0.2, 0) is 10.0 Å². The first kappa shape index (κ1) is 23.7. The van der Waals surface area contributed by atoms with E-state index in [2.05, 4.69) is 14.0 Å². The minimum absolute atomic E-state index is 0.210. The molecule has 0 amide bonds. The third kappa shape index (κ3) is 4.61. The van der Waals surface area contributed by atoms with Crippen LogP contribution in [0.25, 0.3) is 21.8 Å². The summed E-state index contributed by atoms with van der Waals surface area (Å²) >= 11 is 0. The minimum Gasteiger partial charge on any atom is -0.406 e. The average molecular weight is 505 g/mol. The van der Waals surface area contributed by atoms with Gasteiger partial charge in [-0.15, -0.1) is 13.2 Å². The number of benzene rings is 3. The molecule has 0 spiro atoms. The second-order valence-electron chi connectivity index (χ2n) is 8.64. The zero-order chi connectivity index (χ0) is 24.8. The summed E-state index contributed by atoms with van der Waals surface area (Å²) in [6.07, 6.45) is -4.08. The fourth-order valence-corrected chi connectivity index (χ4v) is 6.25. The maximum atomic E-state index is 13.0. The quantitative estimate of drug-likeness (QED) is 0.395. The van der Waals surface area contributed by atoms with E-state index < -0.39 is 34.3 Å². The Hall–Kier alpha value is -3.08. The SMILES string of the molecule is O=S(=O)(N[C@H]1CCCC(n2c3ccccc3c3ccccc32)[C@@H]1O)c1ccc(OC(F)(F)F)cc1. The molecule has 4 aromatic rings. The third-order valence-corrected chi connectivity index (χ3v) is 7.95. The molecule has 1 fully saturated rings. The van der Waals surface area contributed by atoms with Gasteiger partial charge in [0.15, 0.2) is 0 Å². The number of rotatable bonds is 5. The van der Waals surface area contributed by atoms with Gasteiger partial charge in [0.1, 0.15) is 5.75 Å². The van der Waals surface area contributed by atoms with Crippen molar-refractivity contribution in [3.8, 4) is 5.75 Å². The fraction of sp³-hybridized carbons (Fsp3) is 0.280. The van der Waals surface area contributed by atoms with Gasteiger partial charge in [-0.1, -0.05) is 36.4 Å². The van der Waals surface area contributed by atoms with Crippen molar-refractivity contribution in [1.82, 2.24) is 9.29 Å². The molecule has 0 saturated heterocycles. The standard InChI is InChI=1S/C25H23F3N2O4S/c26-25(27,28)34-16-12-14-17(15-13-16)35(32,33)29-20-8-5-11-23(24(20)31)30-21-9-3-1-6-18(21)19-7-2-4-10-22(19)30/h1-4,6-7,9-10,12-15,20,23-24,29,31H,5,8,11H2/t20-,23?,24+/m0/s1. The number of para-hydroxylation sites is 2. The number of aliphatic hydroxyl groups is 1. The molecule has 0 radical (unpaired) electrons. The van der Waals surface area contributed by atoms with Crippen molar-refractivity contribution in [2.45, 2.75) is 48.7 Å². The number of ether oxygens (including phenoxy) is 1. The van der Waals surface area contributed by atoms with E-state index in [1.807, 2.05) is 48.5 Å². The molecule has 3 aromatic carbocycles. The van der Waals surface area contributed by atoms with Gasteiger partial charge in [0.2, 0.25) is 10.0 Å². The van der Waals surface area contributed by atoms with Crippen molar-refractivity contribution >= 4 is 31.8 Å². The van der Waals surface area contributed by atoms with Crippen LogP contribution < -0.4 is 9.46 Å². The molecule has 10 heteroatoms. The van der Waals surface area contributed by atoms with Crippen LogP contribution in [-0.4, -0.2) is 36.6 Å². The van der Waals surface area contributed by atoms with Crippen LogP contribution in [0, 0.1) is 0 Å². The average Bonchev–Trinajstić information content (AvgIpc) is 3.14. The van der Waals surface area contributed by atoms with E-state index in [0.29, 0.717) is 19.3 Å². The first-order chi connectivity index (χ1) is 16.6. The molecule has 1 heterocycles. The van der Waals surface area contributed by atoms with Crippen molar-refractivity contribution in [2.75, 3.05) is 0 Å². The summed E-state index contributed by atoms with van der Waals surface area (Å²) in [5.74, 6) is -0.513. The molecule has 0 bridgehead atoms. The molecule has 5 rings (SSSR count). The number of alkyl halides is 3. The molecule has 6 nitrogen and oxygen atoms in total. The number of halogens is 3. The summed E-state index contributed by atoms with van der Waals surface area (Å²) in [5.41, 5.74) is 1.92.